The molecule has 202 valence electrons. The summed E-state index contributed by atoms with van der Waals surface area (Å²) in [5.74, 6) is 1.86. The fourth-order valence-electron chi connectivity index (χ4n) is 6.33. The Morgan fingerprint density at radius 2 is 1.95 bits per heavy atom. The number of piperidine rings is 1. The lowest BCUT2D eigenvalue weighted by atomic mass is 9.62. The van der Waals surface area contributed by atoms with E-state index < -0.39 is 5.60 Å². The molecule has 0 radical (unpaired) electrons. The molecule has 0 bridgehead atoms. The number of nitrogens with zero attached hydrogens (tertiary/aromatic N) is 5. The molecule has 3 aromatic rings. The normalized spacial score (nSPS) is 21.2. The van der Waals surface area contributed by atoms with Crippen LogP contribution in [0, 0.1) is 11.3 Å². The Labute approximate surface area is 225 Å². The first-order valence-corrected chi connectivity index (χ1v) is 13.6. The Morgan fingerprint density at radius 1 is 1.21 bits per heavy atom. The maximum atomic E-state index is 12.5. The quantitative estimate of drug-likeness (QED) is 0.501. The summed E-state index contributed by atoms with van der Waals surface area (Å²) in [5.41, 5.74) is 1.91. The highest BCUT2D eigenvalue weighted by atomic mass is 16.5. The van der Waals surface area contributed by atoms with Crippen LogP contribution in [0.3, 0.4) is 0 Å². The monoisotopic (exact) mass is 517 g/mol. The molecule has 8 nitrogen and oxygen atoms in total. The van der Waals surface area contributed by atoms with Crippen molar-refractivity contribution >= 4 is 5.91 Å². The number of carbonyl (C=O) groups excluding carboxylic acids is 1. The molecule has 8 heteroatoms. The SMILES string of the molecule is CC(=O)N1CCCC(Cc2nc(-c3cncc(C(O)(c4ccc(C(C)C)cc4)C4(C)CN(C)C4)c3)no2)C1. The van der Waals surface area contributed by atoms with Crippen molar-refractivity contribution in [1.29, 1.82) is 0 Å². The number of benzene rings is 1. The van der Waals surface area contributed by atoms with Crippen LogP contribution in [0.25, 0.3) is 11.4 Å². The molecule has 38 heavy (non-hydrogen) atoms. The van der Waals surface area contributed by atoms with Crippen molar-refractivity contribution in [2.75, 3.05) is 33.2 Å². The van der Waals surface area contributed by atoms with E-state index in [1.807, 2.05) is 23.1 Å². The highest BCUT2D eigenvalue weighted by molar-refractivity contribution is 5.73. The average molecular weight is 518 g/mol. The van der Waals surface area contributed by atoms with Crippen molar-refractivity contribution in [3.63, 3.8) is 0 Å². The van der Waals surface area contributed by atoms with Crippen molar-refractivity contribution in [3.8, 4) is 11.4 Å². The zero-order chi connectivity index (χ0) is 27.1. The minimum absolute atomic E-state index is 0.112. The van der Waals surface area contributed by atoms with Crippen molar-refractivity contribution in [2.24, 2.45) is 11.3 Å². The van der Waals surface area contributed by atoms with Crippen LogP contribution in [0.1, 0.15) is 69.0 Å². The van der Waals surface area contributed by atoms with Gasteiger partial charge in [-0.05, 0) is 48.9 Å². The first kappa shape index (κ1) is 26.5. The minimum Gasteiger partial charge on any atom is -0.380 e. The zero-order valence-corrected chi connectivity index (χ0v) is 23.1. The molecule has 5 rings (SSSR count). The van der Waals surface area contributed by atoms with Gasteiger partial charge in [0, 0.05) is 68.5 Å². The van der Waals surface area contributed by atoms with E-state index in [0.717, 1.165) is 50.1 Å². The Kier molecular flexibility index (Phi) is 7.13. The summed E-state index contributed by atoms with van der Waals surface area (Å²) in [5, 5.41) is 16.7. The molecule has 2 fully saturated rings. The van der Waals surface area contributed by atoms with Gasteiger partial charge in [-0.25, -0.2) is 0 Å². The largest absolute Gasteiger partial charge is 0.380 e. The fraction of sp³-hybridized carbons (Fsp3) is 0.533. The number of carbonyl (C=O) groups is 1. The summed E-state index contributed by atoms with van der Waals surface area (Å²) in [6, 6.07) is 10.3. The second-order valence-electron chi connectivity index (χ2n) is 11.9. The molecule has 2 unspecified atom stereocenters. The minimum atomic E-state index is -1.23. The smallest absolute Gasteiger partial charge is 0.227 e. The van der Waals surface area contributed by atoms with Gasteiger partial charge < -0.3 is 19.4 Å². The number of aromatic nitrogens is 3. The molecular formula is C30H39N5O3. The molecule has 1 amide bonds. The van der Waals surface area contributed by atoms with Crippen LogP contribution < -0.4 is 0 Å². The first-order chi connectivity index (χ1) is 18.1. The van der Waals surface area contributed by atoms with Crippen LogP contribution in [0.4, 0.5) is 0 Å². The molecule has 0 spiro atoms. The molecule has 4 heterocycles. The van der Waals surface area contributed by atoms with E-state index in [2.05, 4.69) is 60.0 Å². The third-order valence-corrected chi connectivity index (χ3v) is 8.42. The van der Waals surface area contributed by atoms with Gasteiger partial charge in [0.25, 0.3) is 0 Å². The molecule has 1 aromatic carbocycles. The predicted octanol–water partition coefficient (Wildman–Crippen LogP) is 4.24. The molecule has 2 aromatic heterocycles. The third kappa shape index (κ3) is 4.87. The Hall–Kier alpha value is -3.10. The van der Waals surface area contributed by atoms with Crippen LogP contribution in [0.2, 0.25) is 0 Å². The maximum absolute atomic E-state index is 12.5. The lowest BCUT2D eigenvalue weighted by Crippen LogP contribution is -2.63. The zero-order valence-electron chi connectivity index (χ0n) is 23.1. The van der Waals surface area contributed by atoms with Gasteiger partial charge in [-0.15, -0.1) is 0 Å². The summed E-state index contributed by atoms with van der Waals surface area (Å²) in [6.45, 7) is 11.2. The summed E-state index contributed by atoms with van der Waals surface area (Å²) >= 11 is 0. The van der Waals surface area contributed by atoms with Crippen molar-refractivity contribution in [3.05, 3.63) is 65.3 Å². The van der Waals surface area contributed by atoms with E-state index >= 15 is 0 Å². The number of hydrogen-bond donors (Lipinski definition) is 1. The summed E-state index contributed by atoms with van der Waals surface area (Å²) < 4.78 is 5.62. The number of aliphatic hydroxyl groups is 1. The molecule has 0 saturated carbocycles. The summed E-state index contributed by atoms with van der Waals surface area (Å²) in [7, 11) is 2.07. The van der Waals surface area contributed by atoms with E-state index in [1.165, 1.54) is 5.56 Å². The van der Waals surface area contributed by atoms with Crippen LogP contribution in [-0.2, 0) is 16.8 Å². The van der Waals surface area contributed by atoms with Crippen molar-refractivity contribution in [1.82, 2.24) is 24.9 Å². The van der Waals surface area contributed by atoms with Gasteiger partial charge in [0.15, 0.2) is 0 Å². The molecule has 2 atom stereocenters. The van der Waals surface area contributed by atoms with Crippen LogP contribution >= 0.6 is 0 Å². The second-order valence-corrected chi connectivity index (χ2v) is 11.9. The van der Waals surface area contributed by atoms with Gasteiger partial charge in [-0.1, -0.05) is 50.2 Å². The van der Waals surface area contributed by atoms with E-state index in [1.54, 1.807) is 19.3 Å². The van der Waals surface area contributed by atoms with Crippen LogP contribution in [0.15, 0.2) is 47.2 Å². The lowest BCUT2D eigenvalue weighted by Gasteiger charge is -2.55. The number of pyridine rings is 1. The third-order valence-electron chi connectivity index (χ3n) is 8.42. The van der Waals surface area contributed by atoms with Gasteiger partial charge in [-0.2, -0.15) is 4.98 Å². The Bertz CT molecular complexity index is 1280. The topological polar surface area (TPSA) is 95.6 Å². The highest BCUT2D eigenvalue weighted by Gasteiger charge is 2.55. The Balaban J connectivity index is 1.43. The van der Waals surface area contributed by atoms with Crippen molar-refractivity contribution in [2.45, 2.75) is 58.5 Å². The van der Waals surface area contributed by atoms with Crippen molar-refractivity contribution < 1.29 is 14.4 Å². The van der Waals surface area contributed by atoms with Crippen LogP contribution in [-0.4, -0.2) is 69.2 Å². The highest BCUT2D eigenvalue weighted by Crippen LogP contribution is 2.50. The van der Waals surface area contributed by atoms with E-state index in [9.17, 15) is 9.90 Å². The lowest BCUT2D eigenvalue weighted by molar-refractivity contribution is -0.130. The predicted molar refractivity (Wildman–Crippen MR) is 145 cm³/mol. The maximum Gasteiger partial charge on any atom is 0.227 e. The van der Waals surface area contributed by atoms with E-state index in [-0.39, 0.29) is 11.3 Å². The molecule has 2 aliphatic heterocycles. The summed E-state index contributed by atoms with van der Waals surface area (Å²) in [6.07, 6.45) is 6.13. The van der Waals surface area contributed by atoms with Gasteiger partial charge in [0.1, 0.15) is 5.60 Å². The standard InChI is InChI=1S/C30H39N5O3/c1-20(2)23-8-10-25(11-9-23)30(37,29(4)18-34(5)19-29)26-14-24(15-31-16-26)28-32-27(38-33-28)13-22-7-6-12-35(17-22)21(3)36/h8-11,14-16,20,22,37H,6-7,12-13,17-19H2,1-5H3. The summed E-state index contributed by atoms with van der Waals surface area (Å²) in [4.78, 5) is 25.1. The van der Waals surface area contributed by atoms with E-state index in [4.69, 9.17) is 4.52 Å². The number of hydrogen-bond acceptors (Lipinski definition) is 7. The fourth-order valence-corrected chi connectivity index (χ4v) is 6.33. The van der Waals surface area contributed by atoms with Gasteiger partial charge in [0.05, 0.1) is 0 Å². The number of rotatable bonds is 7. The molecule has 1 N–H and O–H groups in total. The molecule has 2 saturated heterocycles. The average Bonchev–Trinajstić information content (AvgIpc) is 3.36. The molecule has 0 aliphatic carbocycles. The number of amides is 1. The van der Waals surface area contributed by atoms with Gasteiger partial charge in [-0.3, -0.25) is 9.78 Å². The van der Waals surface area contributed by atoms with Gasteiger partial charge >= 0.3 is 0 Å². The second kappa shape index (κ2) is 10.2. The van der Waals surface area contributed by atoms with Gasteiger partial charge in [0.2, 0.25) is 17.6 Å². The Morgan fingerprint density at radius 3 is 2.61 bits per heavy atom. The molecule has 2 aliphatic rings. The first-order valence-electron chi connectivity index (χ1n) is 13.6. The number of likely N-dealkylation sites (tertiary alicyclic amines) is 2. The molecular weight excluding hydrogens is 478 g/mol. The van der Waals surface area contributed by atoms with Crippen LogP contribution in [0.5, 0.6) is 0 Å². The van der Waals surface area contributed by atoms with E-state index in [0.29, 0.717) is 35.5 Å².